The molecule has 1 unspecified atom stereocenters. The quantitative estimate of drug-likeness (QED) is 0.534. The molecule has 1 amide bonds. The second-order valence-corrected chi connectivity index (χ2v) is 4.22. The van der Waals surface area contributed by atoms with Gasteiger partial charge in [0.15, 0.2) is 0 Å². The van der Waals surface area contributed by atoms with Crippen LogP contribution in [0.3, 0.4) is 0 Å². The number of alkyl carbamates (subject to hydrolysis) is 1. The SMILES string of the molecule is [CH2]C(CC[N+](C)(C)C)NC(=O)OC=C. The van der Waals surface area contributed by atoms with Crippen molar-refractivity contribution in [1.82, 2.24) is 5.32 Å². The monoisotopic (exact) mass is 200 g/mol. The van der Waals surface area contributed by atoms with Gasteiger partial charge in [-0.25, -0.2) is 4.79 Å². The Balaban J connectivity index is 3.70. The maximum absolute atomic E-state index is 10.9. The first kappa shape index (κ1) is 13.0. The van der Waals surface area contributed by atoms with Crippen LogP contribution < -0.4 is 5.32 Å². The third kappa shape index (κ3) is 7.61. The van der Waals surface area contributed by atoms with Gasteiger partial charge in [-0.1, -0.05) is 6.58 Å². The molecule has 1 radical (unpaired) electrons. The second kappa shape index (κ2) is 5.65. The zero-order valence-electron chi connectivity index (χ0n) is 9.25. The molecule has 14 heavy (non-hydrogen) atoms. The van der Waals surface area contributed by atoms with E-state index in [9.17, 15) is 4.79 Å². The summed E-state index contributed by atoms with van der Waals surface area (Å²) in [7, 11) is 6.28. The van der Waals surface area contributed by atoms with Crippen molar-refractivity contribution in [2.45, 2.75) is 12.5 Å². The molecule has 1 atom stereocenters. The van der Waals surface area contributed by atoms with E-state index in [2.05, 4.69) is 44.7 Å². The predicted octanol–water partition coefficient (Wildman–Crippen LogP) is 1.16. The summed E-state index contributed by atoms with van der Waals surface area (Å²) in [4.78, 5) is 10.9. The Morgan fingerprint density at radius 2 is 2.14 bits per heavy atom. The molecule has 0 saturated heterocycles. The fourth-order valence-electron chi connectivity index (χ4n) is 0.892. The van der Waals surface area contributed by atoms with Gasteiger partial charge in [0.2, 0.25) is 0 Å². The van der Waals surface area contributed by atoms with Crippen LogP contribution in [-0.2, 0) is 4.74 Å². The lowest BCUT2D eigenvalue weighted by molar-refractivity contribution is -0.870. The van der Waals surface area contributed by atoms with Crippen molar-refractivity contribution < 1.29 is 14.0 Å². The van der Waals surface area contributed by atoms with Crippen LogP contribution in [0.2, 0.25) is 0 Å². The van der Waals surface area contributed by atoms with Crippen molar-refractivity contribution in [3.05, 3.63) is 19.8 Å². The van der Waals surface area contributed by atoms with Crippen molar-refractivity contribution >= 4 is 6.09 Å². The van der Waals surface area contributed by atoms with Gasteiger partial charge >= 0.3 is 6.09 Å². The molecule has 0 bridgehead atoms. The lowest BCUT2D eigenvalue weighted by Gasteiger charge is -2.25. The standard InChI is InChI=1S/C10H19N2O2/c1-6-14-10(13)11-9(2)7-8-12(3,4)5/h6,9H,1-2,7-8H2,3-5H3/p+1. The van der Waals surface area contributed by atoms with Gasteiger partial charge in [-0.2, -0.15) is 0 Å². The van der Waals surface area contributed by atoms with Gasteiger partial charge in [-0.05, 0) is 6.92 Å². The summed E-state index contributed by atoms with van der Waals surface area (Å²) in [6.07, 6.45) is 1.42. The van der Waals surface area contributed by atoms with Crippen molar-refractivity contribution in [2.75, 3.05) is 27.7 Å². The first-order valence-electron chi connectivity index (χ1n) is 4.57. The van der Waals surface area contributed by atoms with E-state index < -0.39 is 6.09 Å². The molecule has 0 rings (SSSR count). The average Bonchev–Trinajstić information content (AvgIpc) is 2.00. The highest BCUT2D eigenvalue weighted by Crippen LogP contribution is 1.98. The minimum absolute atomic E-state index is 0.125. The van der Waals surface area contributed by atoms with Gasteiger partial charge in [-0.15, -0.1) is 0 Å². The van der Waals surface area contributed by atoms with E-state index in [4.69, 9.17) is 0 Å². The molecule has 0 aliphatic carbocycles. The molecule has 0 aromatic carbocycles. The Labute approximate surface area is 86.1 Å². The van der Waals surface area contributed by atoms with E-state index >= 15 is 0 Å². The first-order chi connectivity index (χ1) is 6.35. The number of ether oxygens (including phenoxy) is 1. The van der Waals surface area contributed by atoms with E-state index in [1.807, 2.05) is 0 Å². The molecule has 0 aromatic rings. The summed E-state index contributed by atoms with van der Waals surface area (Å²) in [5, 5.41) is 2.60. The molecule has 0 aliphatic heterocycles. The Hall–Kier alpha value is -1.03. The topological polar surface area (TPSA) is 38.3 Å². The van der Waals surface area contributed by atoms with Crippen molar-refractivity contribution in [3.63, 3.8) is 0 Å². The number of nitrogens with zero attached hydrogens (tertiary/aromatic N) is 1. The van der Waals surface area contributed by atoms with E-state index in [-0.39, 0.29) is 6.04 Å². The number of carbonyl (C=O) groups is 1. The van der Waals surface area contributed by atoms with Crippen LogP contribution in [0, 0.1) is 6.92 Å². The van der Waals surface area contributed by atoms with Crippen LogP contribution in [0.25, 0.3) is 0 Å². The fourth-order valence-corrected chi connectivity index (χ4v) is 0.892. The first-order valence-corrected chi connectivity index (χ1v) is 4.57. The minimum atomic E-state index is -0.499. The van der Waals surface area contributed by atoms with Gasteiger partial charge in [-0.3, -0.25) is 0 Å². The van der Waals surface area contributed by atoms with Gasteiger partial charge in [0, 0.05) is 12.5 Å². The number of amides is 1. The van der Waals surface area contributed by atoms with Crippen LogP contribution in [0.15, 0.2) is 12.8 Å². The molecule has 1 N–H and O–H groups in total. The van der Waals surface area contributed by atoms with Crippen molar-refractivity contribution in [3.8, 4) is 0 Å². The normalized spacial score (nSPS) is 13.1. The minimum Gasteiger partial charge on any atom is -0.419 e. The number of hydrogen-bond donors (Lipinski definition) is 1. The van der Waals surface area contributed by atoms with E-state index in [0.717, 1.165) is 23.7 Å². The molecular formula is C10H20N2O2+. The van der Waals surface area contributed by atoms with Gasteiger partial charge < -0.3 is 14.5 Å². The summed E-state index contributed by atoms with van der Waals surface area (Å²) in [5.41, 5.74) is 0. The molecule has 0 aromatic heterocycles. The highest BCUT2D eigenvalue weighted by Gasteiger charge is 2.12. The largest absolute Gasteiger partial charge is 0.419 e. The Morgan fingerprint density at radius 3 is 2.57 bits per heavy atom. The number of hydrogen-bond acceptors (Lipinski definition) is 2. The van der Waals surface area contributed by atoms with Crippen LogP contribution in [0.4, 0.5) is 4.79 Å². The van der Waals surface area contributed by atoms with Crippen LogP contribution >= 0.6 is 0 Å². The van der Waals surface area contributed by atoms with Crippen LogP contribution in [-0.4, -0.2) is 44.3 Å². The van der Waals surface area contributed by atoms with Gasteiger partial charge in [0.1, 0.15) is 0 Å². The molecule has 4 nitrogen and oxygen atoms in total. The lowest BCUT2D eigenvalue weighted by atomic mass is 10.2. The van der Waals surface area contributed by atoms with Crippen molar-refractivity contribution in [1.29, 1.82) is 0 Å². The number of quaternary nitrogens is 1. The smallest absolute Gasteiger partial charge is 0.412 e. The van der Waals surface area contributed by atoms with Crippen LogP contribution in [0.1, 0.15) is 6.42 Å². The molecule has 0 aliphatic rings. The Bertz CT molecular complexity index is 197. The Kier molecular flexibility index (Phi) is 5.23. The molecule has 81 valence electrons. The molecule has 0 fully saturated rings. The average molecular weight is 200 g/mol. The maximum atomic E-state index is 10.9. The molecule has 0 heterocycles. The molecule has 0 spiro atoms. The fraction of sp³-hybridized carbons (Fsp3) is 0.600. The summed E-state index contributed by atoms with van der Waals surface area (Å²) in [5.74, 6) is 0. The molecule has 0 saturated carbocycles. The maximum Gasteiger partial charge on any atom is 0.412 e. The molecular weight excluding hydrogens is 180 g/mol. The summed E-state index contributed by atoms with van der Waals surface area (Å²) >= 11 is 0. The highest BCUT2D eigenvalue weighted by molar-refractivity contribution is 5.68. The number of carbonyl (C=O) groups excluding carboxylic acids is 1. The third-order valence-electron chi connectivity index (χ3n) is 1.66. The lowest BCUT2D eigenvalue weighted by Crippen LogP contribution is -2.40. The second-order valence-electron chi connectivity index (χ2n) is 4.22. The van der Waals surface area contributed by atoms with Crippen molar-refractivity contribution in [2.24, 2.45) is 0 Å². The van der Waals surface area contributed by atoms with Gasteiger partial charge in [0.05, 0.1) is 33.9 Å². The summed E-state index contributed by atoms with van der Waals surface area (Å²) < 4.78 is 5.36. The van der Waals surface area contributed by atoms with E-state index in [0.29, 0.717) is 0 Å². The summed E-state index contributed by atoms with van der Waals surface area (Å²) in [6, 6.07) is -0.125. The zero-order chi connectivity index (χ0) is 11.2. The predicted molar refractivity (Wildman–Crippen MR) is 56.5 cm³/mol. The number of rotatable bonds is 5. The van der Waals surface area contributed by atoms with Gasteiger partial charge in [0.25, 0.3) is 0 Å². The zero-order valence-corrected chi connectivity index (χ0v) is 9.25. The highest BCUT2D eigenvalue weighted by atomic mass is 16.5. The van der Waals surface area contributed by atoms with E-state index in [1.165, 1.54) is 0 Å². The number of nitrogens with one attached hydrogen (secondary N) is 1. The Morgan fingerprint density at radius 1 is 1.57 bits per heavy atom. The van der Waals surface area contributed by atoms with E-state index in [1.54, 1.807) is 0 Å². The third-order valence-corrected chi connectivity index (χ3v) is 1.66. The molecule has 4 heteroatoms. The summed E-state index contributed by atoms with van der Waals surface area (Å²) in [6.45, 7) is 8.04. The van der Waals surface area contributed by atoms with Crippen LogP contribution in [0.5, 0.6) is 0 Å².